The molecule has 0 aliphatic rings. The highest BCUT2D eigenvalue weighted by atomic mass is 32.2. The first kappa shape index (κ1) is 29.8. The van der Waals surface area contributed by atoms with Gasteiger partial charge >= 0.3 is 5.97 Å². The standard InChI is InChI=1S/C21H36N6O5S2/c1-12(2)17(21(31)32)27-20(30)16(9-13-10-23-11-24-13)26-19(29)15(6-8-34-4)25-18(28)14(22)5-7-33-3/h10-12,14-17H,5-9,22H2,1-4H3,(H,23,24)(H,25,28)(H,26,29)(H,27,30)(H,31,32). The Morgan fingerprint density at radius 3 is 2.12 bits per heavy atom. The van der Waals surface area contributed by atoms with Crippen LogP contribution in [0.25, 0.3) is 0 Å². The Morgan fingerprint density at radius 1 is 1.00 bits per heavy atom. The van der Waals surface area contributed by atoms with Crippen molar-refractivity contribution < 1.29 is 24.3 Å². The minimum atomic E-state index is -1.17. The van der Waals surface area contributed by atoms with E-state index in [2.05, 4.69) is 25.9 Å². The van der Waals surface area contributed by atoms with Gasteiger partial charge in [-0.05, 0) is 42.8 Å². The van der Waals surface area contributed by atoms with E-state index in [9.17, 15) is 24.3 Å². The minimum absolute atomic E-state index is 0.0679. The van der Waals surface area contributed by atoms with Crippen molar-refractivity contribution in [2.24, 2.45) is 11.7 Å². The fourth-order valence-corrected chi connectivity index (χ4v) is 3.99. The molecule has 7 N–H and O–H groups in total. The zero-order chi connectivity index (χ0) is 25.7. The van der Waals surface area contributed by atoms with Crippen molar-refractivity contribution in [1.29, 1.82) is 0 Å². The average Bonchev–Trinajstić information content (AvgIpc) is 3.30. The highest BCUT2D eigenvalue weighted by molar-refractivity contribution is 7.98. The van der Waals surface area contributed by atoms with Gasteiger partial charge in [-0.3, -0.25) is 14.4 Å². The molecule has 1 heterocycles. The molecule has 4 unspecified atom stereocenters. The normalized spacial score (nSPS) is 14.6. The molecule has 0 saturated carbocycles. The molecule has 11 nitrogen and oxygen atoms in total. The summed E-state index contributed by atoms with van der Waals surface area (Å²) in [5, 5.41) is 17.3. The summed E-state index contributed by atoms with van der Waals surface area (Å²) in [6.07, 6.45) is 7.64. The van der Waals surface area contributed by atoms with E-state index in [1.54, 1.807) is 25.6 Å². The second-order valence-electron chi connectivity index (χ2n) is 8.14. The van der Waals surface area contributed by atoms with Crippen LogP contribution in [0, 0.1) is 5.92 Å². The Bertz CT molecular complexity index is 793. The van der Waals surface area contributed by atoms with Crippen LogP contribution < -0.4 is 21.7 Å². The van der Waals surface area contributed by atoms with Crippen molar-refractivity contribution in [2.75, 3.05) is 24.0 Å². The van der Waals surface area contributed by atoms with Gasteiger partial charge in [0.25, 0.3) is 0 Å². The fourth-order valence-electron chi connectivity index (χ4n) is 3.02. The monoisotopic (exact) mass is 516 g/mol. The number of carboxylic acids is 1. The number of imidazole rings is 1. The van der Waals surface area contributed by atoms with E-state index < -0.39 is 47.9 Å². The van der Waals surface area contributed by atoms with E-state index in [1.165, 1.54) is 24.3 Å². The number of nitrogens with two attached hydrogens (primary N) is 1. The molecular weight excluding hydrogens is 480 g/mol. The summed E-state index contributed by atoms with van der Waals surface area (Å²) in [5.74, 6) is -1.84. The number of thioether (sulfide) groups is 2. The van der Waals surface area contributed by atoms with Gasteiger partial charge in [0.2, 0.25) is 17.7 Å². The van der Waals surface area contributed by atoms with E-state index in [0.717, 1.165) is 0 Å². The third kappa shape index (κ3) is 10.3. The average molecular weight is 517 g/mol. The Morgan fingerprint density at radius 2 is 1.59 bits per heavy atom. The van der Waals surface area contributed by atoms with Gasteiger partial charge in [-0.2, -0.15) is 23.5 Å². The smallest absolute Gasteiger partial charge is 0.326 e. The number of nitrogens with one attached hydrogen (secondary N) is 4. The van der Waals surface area contributed by atoms with Crippen LogP contribution in [0.3, 0.4) is 0 Å². The molecule has 1 aromatic heterocycles. The molecule has 4 atom stereocenters. The SMILES string of the molecule is CSCCC(N)C(=O)NC(CCSC)C(=O)NC(Cc1cnc[nH]1)C(=O)NC(C(=O)O)C(C)C. The van der Waals surface area contributed by atoms with Gasteiger partial charge < -0.3 is 31.8 Å². The van der Waals surface area contributed by atoms with Crippen molar-refractivity contribution in [3.63, 3.8) is 0 Å². The lowest BCUT2D eigenvalue weighted by Gasteiger charge is -2.26. The molecule has 1 aromatic rings. The summed E-state index contributed by atoms with van der Waals surface area (Å²) in [4.78, 5) is 56.9. The number of rotatable bonds is 16. The molecular formula is C21H36N6O5S2. The van der Waals surface area contributed by atoms with Gasteiger partial charge in [0.1, 0.15) is 18.1 Å². The lowest BCUT2D eigenvalue weighted by molar-refractivity contribution is -0.143. The van der Waals surface area contributed by atoms with Crippen molar-refractivity contribution in [2.45, 2.75) is 57.3 Å². The van der Waals surface area contributed by atoms with Gasteiger partial charge in [-0.1, -0.05) is 13.8 Å². The largest absolute Gasteiger partial charge is 0.480 e. The van der Waals surface area contributed by atoms with Crippen molar-refractivity contribution in [1.82, 2.24) is 25.9 Å². The Labute approximate surface area is 208 Å². The Hall–Kier alpha value is -2.25. The molecule has 34 heavy (non-hydrogen) atoms. The molecule has 13 heteroatoms. The van der Waals surface area contributed by atoms with E-state index >= 15 is 0 Å². The van der Waals surface area contributed by atoms with E-state index in [0.29, 0.717) is 30.0 Å². The predicted octanol–water partition coefficient (Wildman–Crippen LogP) is -0.0193. The number of hydrogen-bond acceptors (Lipinski definition) is 8. The van der Waals surface area contributed by atoms with Gasteiger partial charge in [0.05, 0.1) is 12.4 Å². The van der Waals surface area contributed by atoms with E-state index in [-0.39, 0.29) is 12.3 Å². The number of carboxylic acid groups (broad SMARTS) is 1. The van der Waals surface area contributed by atoms with Crippen LogP contribution in [0.2, 0.25) is 0 Å². The maximum atomic E-state index is 13.1. The van der Waals surface area contributed by atoms with E-state index in [1.807, 2.05) is 12.5 Å². The van der Waals surface area contributed by atoms with Crippen LogP contribution in [0.1, 0.15) is 32.4 Å². The molecule has 0 spiro atoms. The van der Waals surface area contributed by atoms with Crippen LogP contribution in [-0.4, -0.2) is 86.9 Å². The number of aromatic nitrogens is 2. The topological polar surface area (TPSA) is 179 Å². The maximum Gasteiger partial charge on any atom is 0.326 e. The third-order valence-corrected chi connectivity index (χ3v) is 6.34. The maximum absolute atomic E-state index is 13.1. The van der Waals surface area contributed by atoms with Crippen LogP contribution in [-0.2, 0) is 25.6 Å². The molecule has 3 amide bonds. The first-order chi connectivity index (χ1) is 16.1. The molecule has 1 rings (SSSR count). The molecule has 0 bridgehead atoms. The van der Waals surface area contributed by atoms with Crippen LogP contribution in [0.5, 0.6) is 0 Å². The molecule has 0 aromatic carbocycles. The summed E-state index contributed by atoms with van der Waals surface area (Å²) >= 11 is 3.09. The second kappa shape index (κ2) is 15.6. The fraction of sp³-hybridized carbons (Fsp3) is 0.667. The summed E-state index contributed by atoms with van der Waals surface area (Å²) in [6, 6.07) is -3.83. The Kier molecular flexibility index (Phi) is 13.7. The zero-order valence-corrected chi connectivity index (χ0v) is 21.6. The summed E-state index contributed by atoms with van der Waals surface area (Å²) < 4.78 is 0. The lowest BCUT2D eigenvalue weighted by atomic mass is 10.0. The van der Waals surface area contributed by atoms with Crippen molar-refractivity contribution in [3.8, 4) is 0 Å². The summed E-state index contributed by atoms with van der Waals surface area (Å²) in [6.45, 7) is 3.35. The molecule has 0 saturated heterocycles. The highest BCUT2D eigenvalue weighted by Gasteiger charge is 2.31. The molecule has 0 fully saturated rings. The number of aromatic amines is 1. The van der Waals surface area contributed by atoms with Gasteiger partial charge in [0, 0.05) is 18.3 Å². The molecule has 0 radical (unpaired) electrons. The molecule has 0 aliphatic heterocycles. The third-order valence-electron chi connectivity index (χ3n) is 5.06. The number of H-pyrrole nitrogens is 1. The highest BCUT2D eigenvalue weighted by Crippen LogP contribution is 2.08. The minimum Gasteiger partial charge on any atom is -0.480 e. The van der Waals surface area contributed by atoms with Gasteiger partial charge in [-0.25, -0.2) is 9.78 Å². The number of nitrogens with zero attached hydrogens (tertiary/aromatic N) is 1. The summed E-state index contributed by atoms with van der Waals surface area (Å²) in [5.41, 5.74) is 6.52. The number of carbonyl (C=O) groups excluding carboxylic acids is 3. The number of amides is 3. The Balaban J connectivity index is 3.01. The van der Waals surface area contributed by atoms with E-state index in [4.69, 9.17) is 5.73 Å². The number of carbonyl (C=O) groups is 4. The van der Waals surface area contributed by atoms with Crippen LogP contribution in [0.15, 0.2) is 12.5 Å². The second-order valence-corrected chi connectivity index (χ2v) is 10.1. The quantitative estimate of drug-likeness (QED) is 0.176. The van der Waals surface area contributed by atoms with Crippen molar-refractivity contribution in [3.05, 3.63) is 18.2 Å². The zero-order valence-electron chi connectivity index (χ0n) is 20.0. The predicted molar refractivity (Wildman–Crippen MR) is 135 cm³/mol. The van der Waals surface area contributed by atoms with Gasteiger partial charge in [-0.15, -0.1) is 0 Å². The number of aliphatic carboxylic acids is 1. The molecule has 0 aliphatic carbocycles. The molecule has 192 valence electrons. The van der Waals surface area contributed by atoms with Crippen LogP contribution >= 0.6 is 23.5 Å². The van der Waals surface area contributed by atoms with Crippen molar-refractivity contribution >= 4 is 47.2 Å². The van der Waals surface area contributed by atoms with Crippen LogP contribution in [0.4, 0.5) is 0 Å². The lowest BCUT2D eigenvalue weighted by Crippen LogP contribution is -2.58. The first-order valence-corrected chi connectivity index (χ1v) is 13.7. The first-order valence-electron chi connectivity index (χ1n) is 10.9. The summed E-state index contributed by atoms with van der Waals surface area (Å²) in [7, 11) is 0. The van der Waals surface area contributed by atoms with Gasteiger partial charge in [0.15, 0.2) is 0 Å². The number of hydrogen-bond donors (Lipinski definition) is 6.